The monoisotopic (exact) mass is 217 g/mol. The van der Waals surface area contributed by atoms with Gasteiger partial charge in [0.25, 0.3) is 0 Å². The van der Waals surface area contributed by atoms with Gasteiger partial charge in [0.2, 0.25) is 0 Å². The summed E-state index contributed by atoms with van der Waals surface area (Å²) in [5, 5.41) is 3.50. The van der Waals surface area contributed by atoms with E-state index >= 15 is 0 Å². The summed E-state index contributed by atoms with van der Waals surface area (Å²) in [4.78, 5) is 0. The largest absolute Gasteiger partial charge is 0.310 e. The Bertz CT molecular complexity index is 299. The van der Waals surface area contributed by atoms with Crippen molar-refractivity contribution in [3.05, 3.63) is 0 Å². The molecule has 0 aromatic rings. The molecule has 3 nitrogen and oxygen atoms in total. The van der Waals surface area contributed by atoms with Gasteiger partial charge in [-0.3, -0.25) is 0 Å². The van der Waals surface area contributed by atoms with Crippen molar-refractivity contribution < 1.29 is 8.42 Å². The highest BCUT2D eigenvalue weighted by Crippen LogP contribution is 2.26. The molecule has 0 aromatic heterocycles. The van der Waals surface area contributed by atoms with Gasteiger partial charge in [-0.15, -0.1) is 0 Å². The Balaban J connectivity index is 1.87. The summed E-state index contributed by atoms with van der Waals surface area (Å²) in [5.41, 5.74) is 0. The molecule has 2 aliphatic rings. The van der Waals surface area contributed by atoms with Crippen molar-refractivity contribution in [2.24, 2.45) is 5.92 Å². The third-order valence-corrected chi connectivity index (χ3v) is 5.31. The van der Waals surface area contributed by atoms with Crippen LogP contribution < -0.4 is 5.32 Å². The first-order valence-corrected chi connectivity index (χ1v) is 7.35. The fourth-order valence-corrected chi connectivity index (χ4v) is 4.31. The molecule has 3 atom stereocenters. The Labute approximate surface area is 86.2 Å². The molecule has 2 rings (SSSR count). The maximum absolute atomic E-state index is 11.3. The molecule has 0 unspecified atom stereocenters. The molecule has 1 aliphatic heterocycles. The van der Waals surface area contributed by atoms with Gasteiger partial charge >= 0.3 is 0 Å². The quantitative estimate of drug-likeness (QED) is 0.749. The molecular formula is C10H19NO2S. The number of nitrogens with one attached hydrogen (secondary N) is 1. The standard InChI is InChI=1S/C10H19NO2S/c1-8-3-2-4-10(8)11-9-5-6-14(12,13)7-9/h8-11H,2-7H2,1H3/t8-,9-,10-/m1/s1. The predicted octanol–water partition coefficient (Wildman–Crippen LogP) is 0.952. The summed E-state index contributed by atoms with van der Waals surface area (Å²) in [6.45, 7) is 2.26. The lowest BCUT2D eigenvalue weighted by molar-refractivity contribution is 0.386. The van der Waals surface area contributed by atoms with Gasteiger partial charge in [-0.1, -0.05) is 13.3 Å². The maximum Gasteiger partial charge on any atom is 0.151 e. The Hall–Kier alpha value is -0.0900. The summed E-state index contributed by atoms with van der Waals surface area (Å²) >= 11 is 0. The lowest BCUT2D eigenvalue weighted by Crippen LogP contribution is -2.40. The topological polar surface area (TPSA) is 46.2 Å². The van der Waals surface area contributed by atoms with Crippen molar-refractivity contribution in [1.29, 1.82) is 0 Å². The average molecular weight is 217 g/mol. The van der Waals surface area contributed by atoms with Crippen LogP contribution in [0.4, 0.5) is 0 Å². The number of sulfone groups is 1. The normalized spacial score (nSPS) is 41.6. The zero-order valence-electron chi connectivity index (χ0n) is 8.70. The first kappa shape index (κ1) is 10.4. The van der Waals surface area contributed by atoms with Gasteiger partial charge in [0.15, 0.2) is 9.84 Å². The van der Waals surface area contributed by atoms with Crippen molar-refractivity contribution in [2.45, 2.75) is 44.7 Å². The van der Waals surface area contributed by atoms with E-state index in [1.165, 1.54) is 19.3 Å². The van der Waals surface area contributed by atoms with Crippen LogP contribution in [0, 0.1) is 5.92 Å². The summed E-state index contributed by atoms with van der Waals surface area (Å²) < 4.78 is 22.5. The molecule has 1 N–H and O–H groups in total. The molecule has 0 radical (unpaired) electrons. The van der Waals surface area contributed by atoms with Crippen molar-refractivity contribution in [1.82, 2.24) is 5.32 Å². The first-order chi connectivity index (χ1) is 6.57. The van der Waals surface area contributed by atoms with E-state index in [9.17, 15) is 8.42 Å². The molecule has 0 bridgehead atoms. The van der Waals surface area contributed by atoms with E-state index in [0.29, 0.717) is 17.5 Å². The zero-order chi connectivity index (χ0) is 10.2. The molecule has 0 spiro atoms. The second-order valence-electron chi connectivity index (χ2n) is 4.78. The van der Waals surface area contributed by atoms with Crippen LogP contribution in [-0.4, -0.2) is 32.0 Å². The van der Waals surface area contributed by atoms with Gasteiger partial charge in [-0.25, -0.2) is 8.42 Å². The molecule has 1 saturated heterocycles. The van der Waals surface area contributed by atoms with Crippen molar-refractivity contribution in [3.63, 3.8) is 0 Å². The van der Waals surface area contributed by atoms with Crippen LogP contribution in [0.3, 0.4) is 0 Å². The zero-order valence-corrected chi connectivity index (χ0v) is 9.52. The van der Waals surface area contributed by atoms with Gasteiger partial charge in [0.05, 0.1) is 11.5 Å². The minimum Gasteiger partial charge on any atom is -0.310 e. The van der Waals surface area contributed by atoms with Crippen molar-refractivity contribution >= 4 is 9.84 Å². The summed E-state index contributed by atoms with van der Waals surface area (Å²) in [6.07, 6.45) is 4.61. The fraction of sp³-hybridized carbons (Fsp3) is 1.00. The van der Waals surface area contributed by atoms with Crippen molar-refractivity contribution in [2.75, 3.05) is 11.5 Å². The van der Waals surface area contributed by atoms with Crippen LogP contribution in [0.25, 0.3) is 0 Å². The second kappa shape index (κ2) is 3.81. The minimum absolute atomic E-state index is 0.227. The molecule has 0 amide bonds. The Morgan fingerprint density at radius 1 is 1.21 bits per heavy atom. The SMILES string of the molecule is C[C@@H]1CCC[C@H]1N[C@@H]1CCS(=O)(=O)C1. The van der Waals surface area contributed by atoms with Crippen LogP contribution in [0.15, 0.2) is 0 Å². The molecule has 14 heavy (non-hydrogen) atoms. The van der Waals surface area contributed by atoms with E-state index in [2.05, 4.69) is 12.2 Å². The molecule has 0 aromatic carbocycles. The van der Waals surface area contributed by atoms with Gasteiger partial charge in [0, 0.05) is 12.1 Å². The molecule has 1 aliphatic carbocycles. The van der Waals surface area contributed by atoms with Gasteiger partial charge < -0.3 is 5.32 Å². The molecule has 1 saturated carbocycles. The van der Waals surface area contributed by atoms with E-state index in [4.69, 9.17) is 0 Å². The van der Waals surface area contributed by atoms with Gasteiger partial charge in [-0.05, 0) is 25.2 Å². The maximum atomic E-state index is 11.3. The number of rotatable bonds is 2. The Morgan fingerprint density at radius 2 is 2.00 bits per heavy atom. The molecule has 82 valence electrons. The average Bonchev–Trinajstić information content (AvgIpc) is 2.61. The minimum atomic E-state index is -2.72. The lowest BCUT2D eigenvalue weighted by atomic mass is 10.1. The predicted molar refractivity (Wildman–Crippen MR) is 57.0 cm³/mol. The van der Waals surface area contributed by atoms with Crippen LogP contribution in [-0.2, 0) is 9.84 Å². The van der Waals surface area contributed by atoms with E-state index in [1.54, 1.807) is 0 Å². The number of hydrogen-bond donors (Lipinski definition) is 1. The van der Waals surface area contributed by atoms with E-state index in [-0.39, 0.29) is 6.04 Å². The van der Waals surface area contributed by atoms with Gasteiger partial charge in [0.1, 0.15) is 0 Å². The first-order valence-electron chi connectivity index (χ1n) is 5.53. The van der Waals surface area contributed by atoms with E-state index in [1.807, 2.05) is 0 Å². The van der Waals surface area contributed by atoms with E-state index in [0.717, 1.165) is 12.3 Å². The molecule has 1 heterocycles. The second-order valence-corrected chi connectivity index (χ2v) is 7.01. The smallest absolute Gasteiger partial charge is 0.151 e. The molecular weight excluding hydrogens is 198 g/mol. The lowest BCUT2D eigenvalue weighted by Gasteiger charge is -2.21. The van der Waals surface area contributed by atoms with Crippen LogP contribution in [0.2, 0.25) is 0 Å². The third kappa shape index (κ3) is 2.28. The van der Waals surface area contributed by atoms with E-state index < -0.39 is 9.84 Å². The summed E-state index contributed by atoms with van der Waals surface area (Å²) in [7, 11) is -2.72. The summed E-state index contributed by atoms with van der Waals surface area (Å²) in [5.74, 6) is 1.46. The molecule has 4 heteroatoms. The van der Waals surface area contributed by atoms with Gasteiger partial charge in [-0.2, -0.15) is 0 Å². The Morgan fingerprint density at radius 3 is 2.50 bits per heavy atom. The highest BCUT2D eigenvalue weighted by molar-refractivity contribution is 7.91. The van der Waals surface area contributed by atoms with Crippen molar-refractivity contribution in [3.8, 4) is 0 Å². The van der Waals surface area contributed by atoms with Crippen LogP contribution in [0.5, 0.6) is 0 Å². The van der Waals surface area contributed by atoms with Crippen LogP contribution >= 0.6 is 0 Å². The summed E-state index contributed by atoms with van der Waals surface area (Å²) in [6, 6.07) is 0.791. The number of hydrogen-bond acceptors (Lipinski definition) is 3. The highest BCUT2D eigenvalue weighted by atomic mass is 32.2. The Kier molecular flexibility index (Phi) is 2.84. The highest BCUT2D eigenvalue weighted by Gasteiger charge is 2.32. The third-order valence-electron chi connectivity index (χ3n) is 3.54. The fourth-order valence-electron chi connectivity index (χ4n) is 2.62. The van der Waals surface area contributed by atoms with Crippen LogP contribution in [0.1, 0.15) is 32.6 Å². The molecule has 2 fully saturated rings.